The van der Waals surface area contributed by atoms with Gasteiger partial charge in [0.25, 0.3) is 11.9 Å². The highest BCUT2D eigenvalue weighted by atomic mass is 16.7. The molecule has 20 nitrogen and oxygen atoms in total. The maximum Gasteiger partial charge on any atom is 0.270 e. The summed E-state index contributed by atoms with van der Waals surface area (Å²) in [6.07, 6.45) is -24.0. The summed E-state index contributed by atoms with van der Waals surface area (Å²) in [5, 5.41) is 135. The van der Waals surface area contributed by atoms with Gasteiger partial charge in [-0.3, -0.25) is 0 Å². The summed E-state index contributed by atoms with van der Waals surface area (Å²) >= 11 is 0. The van der Waals surface area contributed by atoms with E-state index in [0.717, 1.165) is 6.07 Å². The minimum absolute atomic E-state index is 0.0645. The van der Waals surface area contributed by atoms with Gasteiger partial charge in [0.15, 0.2) is 23.5 Å². The van der Waals surface area contributed by atoms with Crippen LogP contribution in [0.3, 0.4) is 0 Å². The molecule has 0 saturated carbocycles. The molecule has 4 aliphatic rings. The first kappa shape index (κ1) is 39.1. The molecule has 294 valence electrons. The second-order valence-electron chi connectivity index (χ2n) is 13.2. The zero-order valence-electron chi connectivity index (χ0n) is 27.8. The second-order valence-corrected chi connectivity index (χ2v) is 13.2. The third-order valence-corrected chi connectivity index (χ3v) is 9.49. The number of benzene rings is 2. The van der Waals surface area contributed by atoms with E-state index < -0.39 is 123 Å². The van der Waals surface area contributed by atoms with Crippen molar-refractivity contribution in [3.63, 3.8) is 0 Å². The molecule has 3 fully saturated rings. The van der Waals surface area contributed by atoms with Crippen molar-refractivity contribution in [3.8, 4) is 28.7 Å². The summed E-state index contributed by atoms with van der Waals surface area (Å²) in [6, 6.07) is 6.07. The van der Waals surface area contributed by atoms with Crippen LogP contribution in [0.15, 0.2) is 36.1 Å². The minimum Gasteiger partial charge on any atom is -0.571 e. The Bertz CT molecular complexity index is 1620. The summed E-state index contributed by atoms with van der Waals surface area (Å²) in [5.41, 5.74) is 0.251. The number of ether oxygens (including phenoxy) is 7. The van der Waals surface area contributed by atoms with Crippen LogP contribution >= 0.6 is 0 Å². The largest absolute Gasteiger partial charge is 0.571 e. The Balaban J connectivity index is 1.26. The molecule has 0 aromatic heterocycles. The first-order valence-corrected chi connectivity index (χ1v) is 16.6. The van der Waals surface area contributed by atoms with Crippen LogP contribution < -0.4 is 4.74 Å². The Morgan fingerprint density at radius 1 is 0.642 bits per heavy atom. The molecule has 53 heavy (non-hydrogen) atoms. The molecule has 3 saturated heterocycles. The van der Waals surface area contributed by atoms with Gasteiger partial charge in [-0.2, -0.15) is 0 Å². The van der Waals surface area contributed by atoms with Crippen molar-refractivity contribution in [2.45, 2.75) is 105 Å². The summed E-state index contributed by atoms with van der Waals surface area (Å²) in [6.45, 7) is 0.120. The van der Waals surface area contributed by atoms with E-state index in [2.05, 4.69) is 4.74 Å². The SMILES string of the molecule is CC1OC(OCC2OC(OC3=Cc4c(O)cc(O)cc4[OH+]C3c3ccc(O)c(OC4OC(CO)C(O)C(O)C4O)c3)C(O)C(O)C2O)C(O)C(O)C1O. The summed E-state index contributed by atoms with van der Waals surface area (Å²) in [4.78, 5) is 0. The normalized spacial score (nSPS) is 40.1. The average molecular weight is 760 g/mol. The summed E-state index contributed by atoms with van der Waals surface area (Å²) in [5.74, 6) is -1.63. The van der Waals surface area contributed by atoms with Gasteiger partial charge in [-0.15, -0.1) is 0 Å². The molecule has 6 rings (SSSR count). The number of phenolic OH excluding ortho intramolecular Hbond substituents is 3. The van der Waals surface area contributed by atoms with Crippen molar-refractivity contribution in [1.82, 2.24) is 0 Å². The molecule has 2 aromatic rings. The first-order chi connectivity index (χ1) is 25.1. The molecule has 0 aliphatic carbocycles. The number of rotatable bonds is 9. The first-order valence-electron chi connectivity index (χ1n) is 16.6. The van der Waals surface area contributed by atoms with E-state index in [1.807, 2.05) is 0 Å². The smallest absolute Gasteiger partial charge is 0.270 e. The quantitative estimate of drug-likeness (QED) is 0.108. The summed E-state index contributed by atoms with van der Waals surface area (Å²) < 4.78 is 38.4. The molecule has 0 radical (unpaired) electrons. The molecule has 2 aromatic carbocycles. The number of hydrogen-bond acceptors (Lipinski definition) is 19. The van der Waals surface area contributed by atoms with Gasteiger partial charge < -0.3 is 99.5 Å². The number of aliphatic hydroxyl groups is 11. The predicted molar refractivity (Wildman–Crippen MR) is 171 cm³/mol. The van der Waals surface area contributed by atoms with Crippen molar-refractivity contribution in [2.24, 2.45) is 0 Å². The number of aliphatic hydroxyl groups excluding tert-OH is 10. The highest BCUT2D eigenvalue weighted by Crippen LogP contribution is 2.46. The third kappa shape index (κ3) is 7.70. The van der Waals surface area contributed by atoms with E-state index >= 15 is 0 Å². The van der Waals surface area contributed by atoms with E-state index in [4.69, 9.17) is 28.4 Å². The fourth-order valence-corrected chi connectivity index (χ4v) is 6.34. The van der Waals surface area contributed by atoms with Gasteiger partial charge in [0.1, 0.15) is 84.2 Å². The van der Waals surface area contributed by atoms with Crippen LogP contribution in [-0.2, 0) is 23.7 Å². The van der Waals surface area contributed by atoms with Gasteiger partial charge in [0.2, 0.25) is 12.6 Å². The van der Waals surface area contributed by atoms with Crippen molar-refractivity contribution in [3.05, 3.63) is 47.2 Å². The summed E-state index contributed by atoms with van der Waals surface area (Å²) in [7, 11) is 0. The van der Waals surface area contributed by atoms with Gasteiger partial charge in [-0.25, -0.2) is 0 Å². The van der Waals surface area contributed by atoms with Gasteiger partial charge in [-0.1, -0.05) is 0 Å². The van der Waals surface area contributed by atoms with Crippen molar-refractivity contribution in [2.75, 3.05) is 13.2 Å². The lowest BCUT2D eigenvalue weighted by Crippen LogP contribution is -2.61. The number of hydrogen-bond donors (Lipinski definition) is 13. The molecular formula is C33H43O20+. The van der Waals surface area contributed by atoms with Crippen LogP contribution in [0, 0.1) is 0 Å². The Hall–Kier alpha value is -3.58. The highest BCUT2D eigenvalue weighted by Gasteiger charge is 2.49. The van der Waals surface area contributed by atoms with Gasteiger partial charge in [-0.05, 0) is 25.1 Å². The molecule has 0 amide bonds. The van der Waals surface area contributed by atoms with Crippen LogP contribution in [0.2, 0.25) is 0 Å². The fourth-order valence-electron chi connectivity index (χ4n) is 6.34. The Morgan fingerprint density at radius 3 is 1.92 bits per heavy atom. The molecule has 0 spiro atoms. The molecule has 0 bridgehead atoms. The van der Waals surface area contributed by atoms with Gasteiger partial charge in [0, 0.05) is 12.1 Å². The van der Waals surface area contributed by atoms with Crippen molar-refractivity contribution in [1.29, 1.82) is 0 Å². The topological polar surface area (TPSA) is 331 Å². The number of aromatic hydroxyl groups is 4. The number of fused-ring (bicyclic) bond motifs is 1. The van der Waals surface area contributed by atoms with Gasteiger partial charge in [0.05, 0.1) is 30.9 Å². The van der Waals surface area contributed by atoms with Gasteiger partial charge >= 0.3 is 0 Å². The maximum atomic E-state index is 10.9. The monoisotopic (exact) mass is 759 g/mol. The van der Waals surface area contributed by atoms with Crippen molar-refractivity contribution >= 4 is 6.08 Å². The second kappa shape index (κ2) is 15.6. The van der Waals surface area contributed by atoms with Crippen molar-refractivity contribution < 1.29 is 99.5 Å². The van der Waals surface area contributed by atoms with Crippen LogP contribution in [0.5, 0.6) is 28.7 Å². The lowest BCUT2D eigenvalue weighted by molar-refractivity contribution is -0.325. The standard InChI is InChI=1S/C33H42O20/c1-10-21(38)24(41)27(44)31(48-10)47-9-20-23(40)26(43)29(46)33(53-20)51-18-7-13-15(37)5-12(35)6-16(13)49-30(18)11-2-3-14(36)17(4-11)50-32-28(45)25(42)22(39)19(8-34)52-32/h2-7,10,19-46H,8-9H2,1H3/p+1. The zero-order valence-corrected chi connectivity index (χ0v) is 27.8. The Kier molecular flexibility index (Phi) is 11.5. The molecule has 4 aliphatic heterocycles. The van der Waals surface area contributed by atoms with E-state index in [-0.39, 0.29) is 34.1 Å². The van der Waals surface area contributed by atoms with Crippen LogP contribution in [0.1, 0.15) is 24.2 Å². The highest BCUT2D eigenvalue weighted by molar-refractivity contribution is 5.69. The molecular weight excluding hydrogens is 716 g/mol. The zero-order chi connectivity index (χ0) is 38.5. The third-order valence-electron chi connectivity index (χ3n) is 9.49. The lowest BCUT2D eigenvalue weighted by atomic mass is 9.98. The molecule has 20 heteroatoms. The van der Waals surface area contributed by atoms with E-state index in [9.17, 15) is 66.4 Å². The Labute approximate surface area is 300 Å². The predicted octanol–water partition coefficient (Wildman–Crippen LogP) is -4.01. The Morgan fingerprint density at radius 2 is 1.25 bits per heavy atom. The molecule has 16 unspecified atom stereocenters. The minimum atomic E-state index is -1.89. The fraction of sp³-hybridized carbons (Fsp3) is 0.576. The van der Waals surface area contributed by atoms with E-state index in [0.29, 0.717) is 0 Å². The molecule has 14 N–H and O–H groups in total. The maximum absolute atomic E-state index is 10.9. The average Bonchev–Trinajstić information content (AvgIpc) is 3.13. The lowest BCUT2D eigenvalue weighted by Gasteiger charge is -2.42. The van der Waals surface area contributed by atoms with E-state index in [1.54, 1.807) is 0 Å². The van der Waals surface area contributed by atoms with E-state index in [1.165, 1.54) is 37.3 Å². The van der Waals surface area contributed by atoms with Crippen LogP contribution in [0.25, 0.3) is 6.08 Å². The number of phenols is 3. The molecule has 16 atom stereocenters. The molecule has 4 heterocycles. The van der Waals surface area contributed by atoms with Crippen LogP contribution in [-0.4, -0.2) is 176 Å². The van der Waals surface area contributed by atoms with Crippen LogP contribution in [0.4, 0.5) is 0 Å².